The van der Waals surface area contributed by atoms with E-state index >= 15 is 0 Å². The highest BCUT2D eigenvalue weighted by molar-refractivity contribution is 5.70. The summed E-state index contributed by atoms with van der Waals surface area (Å²) in [7, 11) is 0. The van der Waals surface area contributed by atoms with Gasteiger partial charge in [-0.2, -0.15) is 0 Å². The topological polar surface area (TPSA) is 38.3 Å². The maximum Gasteiger partial charge on any atom is 0.407 e. The van der Waals surface area contributed by atoms with Gasteiger partial charge in [0.2, 0.25) is 0 Å². The molecule has 3 heteroatoms. The number of carbonyl (C=O) groups is 1. The number of hydrogen-bond acceptors (Lipinski definition) is 2. The summed E-state index contributed by atoms with van der Waals surface area (Å²) < 4.78 is 4.95. The van der Waals surface area contributed by atoms with Crippen molar-refractivity contribution in [2.24, 2.45) is 5.41 Å². The van der Waals surface area contributed by atoms with Crippen molar-refractivity contribution in [3.63, 3.8) is 0 Å². The van der Waals surface area contributed by atoms with Crippen molar-refractivity contribution in [3.05, 3.63) is 0 Å². The molecule has 0 radical (unpaired) electrons. The molecule has 0 saturated carbocycles. The molecular formula is C8H15NO2. The van der Waals surface area contributed by atoms with Gasteiger partial charge >= 0.3 is 6.09 Å². The Balaban J connectivity index is 2.67. The summed E-state index contributed by atoms with van der Waals surface area (Å²) in [6.45, 7) is 8.17. The smallest absolute Gasteiger partial charge is 0.407 e. The van der Waals surface area contributed by atoms with Gasteiger partial charge in [-0.3, -0.25) is 0 Å². The van der Waals surface area contributed by atoms with Crippen molar-refractivity contribution in [2.75, 3.05) is 0 Å². The molecule has 3 nitrogen and oxygen atoms in total. The van der Waals surface area contributed by atoms with Crippen molar-refractivity contribution in [3.8, 4) is 0 Å². The average molecular weight is 157 g/mol. The van der Waals surface area contributed by atoms with Crippen molar-refractivity contribution in [1.82, 2.24) is 5.32 Å². The quantitative estimate of drug-likeness (QED) is 0.579. The maximum absolute atomic E-state index is 10.8. The average Bonchev–Trinajstić information content (AvgIpc) is 2.08. The minimum absolute atomic E-state index is 0.0116. The third-order valence-electron chi connectivity index (χ3n) is 1.97. The van der Waals surface area contributed by atoms with Crippen LogP contribution in [0.25, 0.3) is 0 Å². The van der Waals surface area contributed by atoms with E-state index in [1.54, 1.807) is 0 Å². The second-order valence-corrected chi connectivity index (χ2v) is 4.10. The number of alkyl carbamates (subject to hydrolysis) is 1. The molecule has 0 aromatic carbocycles. The van der Waals surface area contributed by atoms with Crippen LogP contribution in [0.5, 0.6) is 0 Å². The first-order valence-electron chi connectivity index (χ1n) is 3.88. The Hall–Kier alpha value is -0.730. The molecule has 0 aromatic rings. The fourth-order valence-electron chi connectivity index (χ4n) is 1.44. The van der Waals surface area contributed by atoms with Crippen molar-refractivity contribution in [2.45, 2.75) is 39.8 Å². The third-order valence-corrected chi connectivity index (χ3v) is 1.97. The molecule has 1 saturated heterocycles. The van der Waals surface area contributed by atoms with E-state index < -0.39 is 0 Å². The number of ether oxygens (including phenoxy) is 1. The standard InChI is InChI=1S/C8H15NO2/c1-5-6(8(2,3)4)9-7(10)11-5/h5-6H,1-4H3,(H,9,10)/t5-,6+/m1/s1. The van der Waals surface area contributed by atoms with Crippen LogP contribution in [-0.2, 0) is 4.74 Å². The van der Waals surface area contributed by atoms with Crippen LogP contribution < -0.4 is 5.32 Å². The van der Waals surface area contributed by atoms with Gasteiger partial charge in [-0.25, -0.2) is 4.79 Å². The van der Waals surface area contributed by atoms with Crippen LogP contribution in [0.15, 0.2) is 0 Å². The predicted molar refractivity (Wildman–Crippen MR) is 42.3 cm³/mol. The number of hydrogen-bond donors (Lipinski definition) is 1. The van der Waals surface area contributed by atoms with Gasteiger partial charge in [0.25, 0.3) is 0 Å². The molecule has 0 aliphatic carbocycles. The van der Waals surface area contributed by atoms with Crippen LogP contribution >= 0.6 is 0 Å². The van der Waals surface area contributed by atoms with Gasteiger partial charge in [-0.1, -0.05) is 20.8 Å². The van der Waals surface area contributed by atoms with Gasteiger partial charge in [0.15, 0.2) is 0 Å². The summed E-state index contributed by atoms with van der Waals surface area (Å²) in [5.74, 6) is 0. The highest BCUT2D eigenvalue weighted by Gasteiger charge is 2.38. The van der Waals surface area contributed by atoms with E-state index in [0.29, 0.717) is 0 Å². The van der Waals surface area contributed by atoms with Crippen LogP contribution in [0, 0.1) is 5.41 Å². The normalized spacial score (nSPS) is 31.5. The van der Waals surface area contributed by atoms with Crippen LogP contribution in [0.4, 0.5) is 4.79 Å². The first-order chi connectivity index (χ1) is 4.91. The summed E-state index contributed by atoms with van der Waals surface area (Å²) in [4.78, 5) is 10.8. The Bertz CT molecular complexity index is 171. The predicted octanol–water partition coefficient (Wildman–Crippen LogP) is 1.53. The van der Waals surface area contributed by atoms with Gasteiger partial charge in [0.05, 0.1) is 6.04 Å². The van der Waals surface area contributed by atoms with Crippen molar-refractivity contribution in [1.29, 1.82) is 0 Å². The minimum Gasteiger partial charge on any atom is -0.444 e. The number of rotatable bonds is 0. The lowest BCUT2D eigenvalue weighted by Crippen LogP contribution is -2.41. The molecule has 1 aliphatic rings. The second-order valence-electron chi connectivity index (χ2n) is 4.10. The van der Waals surface area contributed by atoms with E-state index in [-0.39, 0.29) is 23.7 Å². The van der Waals surface area contributed by atoms with Gasteiger partial charge in [-0.15, -0.1) is 0 Å². The van der Waals surface area contributed by atoms with Gasteiger partial charge < -0.3 is 10.1 Å². The fraction of sp³-hybridized carbons (Fsp3) is 0.875. The number of carbonyl (C=O) groups excluding carboxylic acids is 1. The Labute approximate surface area is 67.1 Å². The zero-order valence-corrected chi connectivity index (χ0v) is 7.47. The molecule has 0 spiro atoms. The summed E-state index contributed by atoms with van der Waals surface area (Å²) in [6, 6.07) is 0.134. The molecule has 11 heavy (non-hydrogen) atoms. The first-order valence-corrected chi connectivity index (χ1v) is 3.88. The molecule has 2 atom stereocenters. The molecule has 1 heterocycles. The van der Waals surface area contributed by atoms with E-state index in [4.69, 9.17) is 4.74 Å². The van der Waals surface area contributed by atoms with E-state index in [2.05, 4.69) is 26.1 Å². The highest BCUT2D eigenvalue weighted by Crippen LogP contribution is 2.26. The maximum atomic E-state index is 10.8. The van der Waals surface area contributed by atoms with E-state index in [0.717, 1.165) is 0 Å². The van der Waals surface area contributed by atoms with Crippen LogP contribution in [0.1, 0.15) is 27.7 Å². The lowest BCUT2D eigenvalue weighted by atomic mass is 9.84. The fourth-order valence-corrected chi connectivity index (χ4v) is 1.44. The Morgan fingerprint density at radius 2 is 2.00 bits per heavy atom. The molecule has 1 fully saturated rings. The molecule has 64 valence electrons. The van der Waals surface area contributed by atoms with E-state index in [1.165, 1.54) is 0 Å². The number of nitrogens with one attached hydrogen (secondary N) is 1. The molecular weight excluding hydrogens is 142 g/mol. The lowest BCUT2D eigenvalue weighted by Gasteiger charge is -2.27. The van der Waals surface area contributed by atoms with Crippen LogP contribution in [0.2, 0.25) is 0 Å². The van der Waals surface area contributed by atoms with Gasteiger partial charge in [-0.05, 0) is 12.3 Å². The van der Waals surface area contributed by atoms with Crippen molar-refractivity contribution < 1.29 is 9.53 Å². The Kier molecular flexibility index (Phi) is 1.82. The number of amides is 1. The zero-order chi connectivity index (χ0) is 8.65. The molecule has 1 rings (SSSR count). The van der Waals surface area contributed by atoms with Crippen LogP contribution in [-0.4, -0.2) is 18.2 Å². The minimum atomic E-state index is -0.294. The monoisotopic (exact) mass is 157 g/mol. The third kappa shape index (κ3) is 1.64. The number of cyclic esters (lactones) is 1. The molecule has 0 bridgehead atoms. The van der Waals surface area contributed by atoms with Gasteiger partial charge in [0.1, 0.15) is 6.10 Å². The van der Waals surface area contributed by atoms with E-state index in [9.17, 15) is 4.79 Å². The SMILES string of the molecule is C[C@H]1OC(=O)N[C@@H]1C(C)(C)C. The molecule has 1 N–H and O–H groups in total. The summed E-state index contributed by atoms with van der Waals surface area (Å²) in [6.07, 6.45) is -0.306. The van der Waals surface area contributed by atoms with Crippen LogP contribution in [0.3, 0.4) is 0 Å². The zero-order valence-electron chi connectivity index (χ0n) is 7.47. The second kappa shape index (κ2) is 2.40. The first kappa shape index (κ1) is 8.37. The summed E-state index contributed by atoms with van der Waals surface area (Å²) in [5.41, 5.74) is 0.0750. The largest absolute Gasteiger partial charge is 0.444 e. The lowest BCUT2D eigenvalue weighted by molar-refractivity contribution is 0.123. The highest BCUT2D eigenvalue weighted by atomic mass is 16.6. The summed E-state index contributed by atoms with van der Waals surface area (Å²) in [5, 5.41) is 2.78. The Morgan fingerprint density at radius 3 is 2.18 bits per heavy atom. The molecule has 0 aromatic heterocycles. The summed E-state index contributed by atoms with van der Waals surface area (Å²) >= 11 is 0. The molecule has 0 unspecified atom stereocenters. The van der Waals surface area contributed by atoms with E-state index in [1.807, 2.05) is 6.92 Å². The van der Waals surface area contributed by atoms with Gasteiger partial charge in [0, 0.05) is 0 Å². The molecule has 1 amide bonds. The Morgan fingerprint density at radius 1 is 1.45 bits per heavy atom. The molecule has 1 aliphatic heterocycles. The van der Waals surface area contributed by atoms with Crippen molar-refractivity contribution >= 4 is 6.09 Å².